The van der Waals surface area contributed by atoms with E-state index < -0.39 is 17.4 Å². The predicted molar refractivity (Wildman–Crippen MR) is 125 cm³/mol. The fraction of sp³-hybridized carbons (Fsp3) is 0.0952. The molecule has 3 heterocycles. The summed E-state index contributed by atoms with van der Waals surface area (Å²) in [6, 6.07) is 8.32. The molecule has 0 bridgehead atoms. The van der Waals surface area contributed by atoms with Crippen molar-refractivity contribution in [2.45, 2.75) is 13.0 Å². The summed E-state index contributed by atoms with van der Waals surface area (Å²) in [5.41, 5.74) is 4.35. The van der Waals surface area contributed by atoms with E-state index in [1.54, 1.807) is 18.2 Å². The molecule has 0 aliphatic carbocycles. The number of H-pyrrole nitrogens is 1. The molecule has 166 valence electrons. The van der Waals surface area contributed by atoms with Crippen LogP contribution in [-0.2, 0) is 0 Å². The number of fused-ring (bicyclic) bond motifs is 2. The zero-order valence-electron chi connectivity index (χ0n) is 17.0. The summed E-state index contributed by atoms with van der Waals surface area (Å²) in [5.74, 6) is 0.304. The van der Waals surface area contributed by atoms with Gasteiger partial charge in [-0.25, -0.2) is 29.0 Å². The maximum atomic E-state index is 13.5. The number of hydrogen-bond acceptors (Lipinski definition) is 7. The van der Waals surface area contributed by atoms with Gasteiger partial charge in [-0.1, -0.05) is 29.3 Å². The zero-order chi connectivity index (χ0) is 23.1. The average molecular weight is 485 g/mol. The quantitative estimate of drug-likeness (QED) is 0.335. The van der Waals surface area contributed by atoms with Crippen molar-refractivity contribution in [3.05, 3.63) is 81.1 Å². The van der Waals surface area contributed by atoms with Crippen LogP contribution in [0.1, 0.15) is 18.8 Å². The Morgan fingerprint density at radius 3 is 2.79 bits per heavy atom. The topological polar surface area (TPSA) is 113 Å². The van der Waals surface area contributed by atoms with Gasteiger partial charge in [0.2, 0.25) is 0 Å². The van der Waals surface area contributed by atoms with Gasteiger partial charge in [0, 0.05) is 0 Å². The number of rotatable bonds is 5. The lowest BCUT2D eigenvalue weighted by Gasteiger charge is -2.21. The number of anilines is 2. The van der Waals surface area contributed by atoms with Crippen molar-refractivity contribution in [1.82, 2.24) is 29.6 Å². The van der Waals surface area contributed by atoms with E-state index >= 15 is 0 Å². The van der Waals surface area contributed by atoms with Crippen molar-refractivity contribution in [3.8, 4) is 0 Å². The Morgan fingerprint density at radius 1 is 1.12 bits per heavy atom. The van der Waals surface area contributed by atoms with Crippen LogP contribution in [0.25, 0.3) is 22.1 Å². The predicted octanol–water partition coefficient (Wildman–Crippen LogP) is 4.56. The third-order valence-electron chi connectivity index (χ3n) is 5.00. The number of aromatic nitrogens is 6. The summed E-state index contributed by atoms with van der Waals surface area (Å²) in [5, 5.41) is 3.83. The van der Waals surface area contributed by atoms with Crippen LogP contribution in [0.2, 0.25) is 10.0 Å². The molecule has 1 atom stereocenters. The molecule has 3 aromatic heterocycles. The first kappa shape index (κ1) is 21.1. The number of nitrogens with zero attached hydrogens (tertiary/aromatic N) is 5. The summed E-state index contributed by atoms with van der Waals surface area (Å²) in [4.78, 5) is 33.6. The molecule has 3 N–H and O–H groups in total. The first-order chi connectivity index (χ1) is 15.9. The van der Waals surface area contributed by atoms with Crippen molar-refractivity contribution in [2.24, 2.45) is 0 Å². The maximum absolute atomic E-state index is 13.5. The van der Waals surface area contributed by atoms with Gasteiger partial charge >= 0.3 is 0 Å². The third kappa shape index (κ3) is 3.83. The Labute approximate surface area is 195 Å². The number of halogens is 3. The summed E-state index contributed by atoms with van der Waals surface area (Å²) in [6.45, 7) is 1.81. The van der Waals surface area contributed by atoms with Crippen LogP contribution in [0.5, 0.6) is 0 Å². The Hall–Kier alpha value is -3.76. The van der Waals surface area contributed by atoms with Gasteiger partial charge < -0.3 is 10.3 Å². The molecule has 0 radical (unpaired) electrons. The molecule has 2 aromatic carbocycles. The van der Waals surface area contributed by atoms with Gasteiger partial charge in [-0.2, -0.15) is 0 Å². The van der Waals surface area contributed by atoms with Crippen LogP contribution in [0.3, 0.4) is 0 Å². The molecule has 0 unspecified atom stereocenters. The summed E-state index contributed by atoms with van der Waals surface area (Å²) in [7, 11) is 0. The SMILES string of the molecule is C[C@H](Nc1ncnc2nc[nH]c12)c1nc2cccc(Cl)c2c(=O)n1Nc1ccc(F)cc1Cl. The molecule has 9 nitrogen and oxygen atoms in total. The second-order valence-corrected chi connectivity index (χ2v) is 7.98. The second kappa shape index (κ2) is 8.30. The highest BCUT2D eigenvalue weighted by Crippen LogP contribution is 2.26. The Bertz CT molecular complexity index is 1570. The van der Waals surface area contributed by atoms with Gasteiger partial charge in [-0.05, 0) is 37.3 Å². The van der Waals surface area contributed by atoms with Crippen molar-refractivity contribution in [3.63, 3.8) is 0 Å². The number of aromatic amines is 1. The van der Waals surface area contributed by atoms with Gasteiger partial charge in [0.15, 0.2) is 17.3 Å². The fourth-order valence-electron chi connectivity index (χ4n) is 3.45. The average Bonchev–Trinajstić information content (AvgIpc) is 3.27. The van der Waals surface area contributed by atoms with Crippen LogP contribution in [0.15, 0.2) is 53.8 Å². The lowest BCUT2D eigenvalue weighted by atomic mass is 10.2. The van der Waals surface area contributed by atoms with Gasteiger partial charge in [0.25, 0.3) is 5.56 Å². The monoisotopic (exact) mass is 484 g/mol. The normalized spacial score (nSPS) is 12.2. The van der Waals surface area contributed by atoms with Gasteiger partial charge in [-0.15, -0.1) is 0 Å². The van der Waals surface area contributed by atoms with E-state index in [0.29, 0.717) is 34.0 Å². The van der Waals surface area contributed by atoms with Crippen LogP contribution in [-0.4, -0.2) is 29.6 Å². The van der Waals surface area contributed by atoms with Crippen molar-refractivity contribution < 1.29 is 4.39 Å². The lowest BCUT2D eigenvalue weighted by Crippen LogP contribution is -2.33. The number of hydrogen-bond donors (Lipinski definition) is 3. The van der Waals surface area contributed by atoms with E-state index in [9.17, 15) is 9.18 Å². The van der Waals surface area contributed by atoms with Crippen LogP contribution in [0.4, 0.5) is 15.9 Å². The zero-order valence-corrected chi connectivity index (χ0v) is 18.5. The Balaban J connectivity index is 1.65. The highest BCUT2D eigenvalue weighted by molar-refractivity contribution is 6.35. The van der Waals surface area contributed by atoms with E-state index in [-0.39, 0.29) is 15.4 Å². The van der Waals surface area contributed by atoms with Crippen molar-refractivity contribution >= 4 is 56.8 Å². The van der Waals surface area contributed by atoms with E-state index in [1.807, 2.05) is 6.92 Å². The molecular weight excluding hydrogens is 470 g/mol. The number of benzene rings is 2. The minimum absolute atomic E-state index is 0.0997. The highest BCUT2D eigenvalue weighted by Gasteiger charge is 2.20. The van der Waals surface area contributed by atoms with Crippen LogP contribution >= 0.6 is 23.2 Å². The molecule has 0 amide bonds. The van der Waals surface area contributed by atoms with Gasteiger partial charge in [-0.3, -0.25) is 10.2 Å². The van der Waals surface area contributed by atoms with E-state index in [2.05, 4.69) is 35.7 Å². The summed E-state index contributed by atoms with van der Waals surface area (Å²) >= 11 is 12.5. The Kier molecular flexibility index (Phi) is 5.31. The standard InChI is InChI=1S/C21H15Cl2FN8O/c1-10(29-19-17-18(26-8-25-17)27-9-28-19)20-30-15-4-2-3-12(22)16(15)21(33)32(20)31-14-6-5-11(24)7-13(14)23/h2-10,31H,1H3,(H2,25,26,27,28,29)/t10-/m0/s1. The molecule has 33 heavy (non-hydrogen) atoms. The first-order valence-electron chi connectivity index (χ1n) is 9.76. The van der Waals surface area contributed by atoms with Crippen LogP contribution in [0, 0.1) is 5.82 Å². The molecule has 0 aliphatic rings. The summed E-state index contributed by atoms with van der Waals surface area (Å²) in [6.07, 6.45) is 2.90. The largest absolute Gasteiger partial charge is 0.358 e. The van der Waals surface area contributed by atoms with Gasteiger partial charge in [0.1, 0.15) is 17.7 Å². The number of nitrogens with one attached hydrogen (secondary N) is 3. The molecular formula is C21H15Cl2FN8O. The van der Waals surface area contributed by atoms with E-state index in [0.717, 1.165) is 6.07 Å². The minimum Gasteiger partial charge on any atom is -0.358 e. The molecule has 0 saturated carbocycles. The number of imidazole rings is 1. The second-order valence-electron chi connectivity index (χ2n) is 7.17. The third-order valence-corrected chi connectivity index (χ3v) is 5.63. The fourth-order valence-corrected chi connectivity index (χ4v) is 3.91. The van der Waals surface area contributed by atoms with Crippen molar-refractivity contribution in [1.29, 1.82) is 0 Å². The highest BCUT2D eigenvalue weighted by atomic mass is 35.5. The summed E-state index contributed by atoms with van der Waals surface area (Å²) < 4.78 is 14.8. The molecule has 5 rings (SSSR count). The van der Waals surface area contributed by atoms with Gasteiger partial charge in [0.05, 0.1) is 39.0 Å². The molecule has 5 aromatic rings. The van der Waals surface area contributed by atoms with E-state index in [1.165, 1.54) is 29.5 Å². The Morgan fingerprint density at radius 2 is 1.97 bits per heavy atom. The lowest BCUT2D eigenvalue weighted by molar-refractivity contribution is 0.627. The van der Waals surface area contributed by atoms with E-state index in [4.69, 9.17) is 23.2 Å². The first-order valence-corrected chi connectivity index (χ1v) is 10.5. The molecule has 0 saturated heterocycles. The molecule has 0 spiro atoms. The van der Waals surface area contributed by atoms with Crippen LogP contribution < -0.4 is 16.3 Å². The maximum Gasteiger partial charge on any atom is 0.281 e. The van der Waals surface area contributed by atoms with Crippen molar-refractivity contribution in [2.75, 3.05) is 10.7 Å². The molecule has 12 heteroatoms. The smallest absolute Gasteiger partial charge is 0.281 e. The minimum atomic E-state index is -0.519. The molecule has 0 aliphatic heterocycles. The molecule has 0 fully saturated rings.